The van der Waals surface area contributed by atoms with E-state index in [2.05, 4.69) is 10.5 Å². The van der Waals surface area contributed by atoms with Crippen LogP contribution in [0.5, 0.6) is 11.5 Å². The molecule has 1 aromatic heterocycles. The lowest BCUT2D eigenvalue weighted by Gasteiger charge is -2.06. The van der Waals surface area contributed by atoms with E-state index in [1.54, 1.807) is 6.07 Å². The number of carbonyl (C=O) groups is 1. The molecule has 7 heteroatoms. The van der Waals surface area contributed by atoms with Crippen molar-refractivity contribution >= 4 is 35.1 Å². The number of phenols is 1. The van der Waals surface area contributed by atoms with Crippen LogP contribution in [0.1, 0.15) is 10.4 Å². The predicted molar refractivity (Wildman–Crippen MR) is 83.4 cm³/mol. The van der Waals surface area contributed by atoms with Crippen molar-refractivity contribution in [3.05, 3.63) is 45.1 Å². The molecule has 0 fully saturated rings. The second-order valence-corrected chi connectivity index (χ2v) is 5.54. The number of thiophene rings is 1. The third kappa shape index (κ3) is 4.21. The number of benzene rings is 1. The first-order valence-electron chi connectivity index (χ1n) is 6.01. The van der Waals surface area contributed by atoms with Crippen LogP contribution in [0.25, 0.3) is 0 Å². The van der Waals surface area contributed by atoms with E-state index in [0.717, 1.165) is 4.88 Å². The summed E-state index contributed by atoms with van der Waals surface area (Å²) in [6.07, 6.45) is 1.72. The quantitative estimate of drug-likeness (QED) is 0.656. The molecule has 0 aliphatic carbocycles. The molecular formula is C14H13ClN2O3S. The molecule has 0 atom stereocenters. The average Bonchev–Trinajstić information content (AvgIpc) is 2.95. The number of nitrogens with one attached hydrogen (secondary N) is 1. The molecule has 1 aromatic carbocycles. The molecule has 0 spiro atoms. The van der Waals surface area contributed by atoms with Crippen molar-refractivity contribution in [2.75, 3.05) is 7.11 Å². The number of aromatic hydroxyl groups is 1. The summed E-state index contributed by atoms with van der Waals surface area (Å²) in [5, 5.41) is 15.5. The lowest BCUT2D eigenvalue weighted by molar-refractivity contribution is -0.120. The van der Waals surface area contributed by atoms with Gasteiger partial charge in [-0.2, -0.15) is 5.10 Å². The first-order chi connectivity index (χ1) is 10.1. The van der Waals surface area contributed by atoms with Crippen LogP contribution in [0.3, 0.4) is 0 Å². The van der Waals surface area contributed by atoms with Crippen LogP contribution >= 0.6 is 22.9 Å². The van der Waals surface area contributed by atoms with Gasteiger partial charge in [-0.15, -0.1) is 11.3 Å². The van der Waals surface area contributed by atoms with Crippen molar-refractivity contribution in [3.63, 3.8) is 0 Å². The highest BCUT2D eigenvalue weighted by Gasteiger charge is 2.08. The zero-order valence-corrected chi connectivity index (χ0v) is 12.7. The van der Waals surface area contributed by atoms with Crippen molar-refractivity contribution in [1.82, 2.24) is 5.43 Å². The number of amides is 1. The molecule has 1 amide bonds. The van der Waals surface area contributed by atoms with Gasteiger partial charge in [-0.1, -0.05) is 17.7 Å². The van der Waals surface area contributed by atoms with Crippen molar-refractivity contribution in [3.8, 4) is 11.5 Å². The summed E-state index contributed by atoms with van der Waals surface area (Å²) < 4.78 is 4.98. The second kappa shape index (κ2) is 7.10. The van der Waals surface area contributed by atoms with Gasteiger partial charge in [0.05, 0.1) is 24.8 Å². The van der Waals surface area contributed by atoms with Gasteiger partial charge in [-0.3, -0.25) is 4.79 Å². The predicted octanol–water partition coefficient (Wildman–Crippen LogP) is 2.81. The number of ether oxygens (including phenoxy) is 1. The summed E-state index contributed by atoms with van der Waals surface area (Å²) in [4.78, 5) is 12.6. The van der Waals surface area contributed by atoms with E-state index in [1.165, 1.54) is 30.7 Å². The number of halogens is 1. The minimum atomic E-state index is -0.203. The third-order valence-corrected chi connectivity index (χ3v) is 3.75. The molecular weight excluding hydrogens is 312 g/mol. The normalized spacial score (nSPS) is 10.8. The highest BCUT2D eigenvalue weighted by Crippen LogP contribution is 2.34. The van der Waals surface area contributed by atoms with Gasteiger partial charge in [-0.05, 0) is 29.1 Å². The molecule has 0 bridgehead atoms. The molecule has 2 rings (SSSR count). The average molecular weight is 325 g/mol. The highest BCUT2D eigenvalue weighted by atomic mass is 35.5. The van der Waals surface area contributed by atoms with Crippen molar-refractivity contribution in [2.24, 2.45) is 5.10 Å². The van der Waals surface area contributed by atoms with Gasteiger partial charge in [0.25, 0.3) is 0 Å². The molecule has 0 unspecified atom stereocenters. The first kappa shape index (κ1) is 15.3. The van der Waals surface area contributed by atoms with Crippen molar-refractivity contribution < 1.29 is 14.6 Å². The summed E-state index contributed by atoms with van der Waals surface area (Å²) in [6.45, 7) is 0. The van der Waals surface area contributed by atoms with E-state index in [9.17, 15) is 9.90 Å². The highest BCUT2D eigenvalue weighted by molar-refractivity contribution is 7.10. The molecule has 1 heterocycles. The SMILES string of the molecule is COc1cc(/C=N\NC(=O)Cc2cccs2)cc(Cl)c1O. The monoisotopic (exact) mass is 324 g/mol. The molecule has 0 saturated heterocycles. The Kier molecular flexibility index (Phi) is 5.19. The van der Waals surface area contributed by atoms with Crippen LogP contribution < -0.4 is 10.2 Å². The molecule has 0 radical (unpaired) electrons. The summed E-state index contributed by atoms with van der Waals surface area (Å²) in [5.41, 5.74) is 3.03. The first-order valence-corrected chi connectivity index (χ1v) is 7.26. The van der Waals surface area contributed by atoms with Gasteiger partial charge in [0.15, 0.2) is 11.5 Å². The number of hydrogen-bond acceptors (Lipinski definition) is 5. The fourth-order valence-electron chi connectivity index (χ4n) is 1.61. The Morgan fingerprint density at radius 2 is 2.38 bits per heavy atom. The van der Waals surface area contributed by atoms with Crippen LogP contribution in [0, 0.1) is 0 Å². The van der Waals surface area contributed by atoms with Crippen LogP contribution in [0.4, 0.5) is 0 Å². The summed E-state index contributed by atoms with van der Waals surface area (Å²) in [6, 6.07) is 6.87. The number of methoxy groups -OCH3 is 1. The molecule has 0 aliphatic heterocycles. The lowest BCUT2D eigenvalue weighted by atomic mass is 10.2. The maximum absolute atomic E-state index is 11.6. The van der Waals surface area contributed by atoms with Crippen LogP contribution in [0.2, 0.25) is 5.02 Å². The Morgan fingerprint density at radius 1 is 1.57 bits per heavy atom. The van der Waals surface area contributed by atoms with Gasteiger partial charge < -0.3 is 9.84 Å². The molecule has 21 heavy (non-hydrogen) atoms. The zero-order valence-electron chi connectivity index (χ0n) is 11.2. The largest absolute Gasteiger partial charge is 0.503 e. The Morgan fingerprint density at radius 3 is 3.05 bits per heavy atom. The van der Waals surface area contributed by atoms with Crippen molar-refractivity contribution in [2.45, 2.75) is 6.42 Å². The fourth-order valence-corrected chi connectivity index (χ4v) is 2.54. The van der Waals surface area contributed by atoms with Gasteiger partial charge in [0, 0.05) is 4.88 Å². The number of rotatable bonds is 5. The third-order valence-electron chi connectivity index (χ3n) is 2.59. The maximum atomic E-state index is 11.6. The standard InChI is InChI=1S/C14H13ClN2O3S/c1-20-12-6-9(5-11(15)14(12)19)8-16-17-13(18)7-10-3-2-4-21-10/h2-6,8,19H,7H2,1H3,(H,17,18)/b16-8-. The van der Waals surface area contributed by atoms with Crippen LogP contribution in [-0.4, -0.2) is 24.3 Å². The Hall–Kier alpha value is -2.05. The summed E-state index contributed by atoms with van der Waals surface area (Å²) in [7, 11) is 1.43. The number of carbonyl (C=O) groups excluding carboxylic acids is 1. The molecule has 5 nitrogen and oxygen atoms in total. The van der Waals surface area contributed by atoms with Gasteiger partial charge in [-0.25, -0.2) is 5.43 Å². The van der Waals surface area contributed by atoms with Crippen LogP contribution in [0.15, 0.2) is 34.7 Å². The maximum Gasteiger partial charge on any atom is 0.245 e. The Bertz CT molecular complexity index is 656. The summed E-state index contributed by atoms with van der Waals surface area (Å²) >= 11 is 7.37. The van der Waals surface area contributed by atoms with E-state index in [4.69, 9.17) is 16.3 Å². The number of phenolic OH excluding ortho intramolecular Hbond substituents is 1. The zero-order chi connectivity index (χ0) is 15.2. The minimum Gasteiger partial charge on any atom is -0.503 e. The Labute approximate surface area is 130 Å². The summed E-state index contributed by atoms with van der Waals surface area (Å²) in [5.74, 6) is -0.0857. The number of hydrogen-bond donors (Lipinski definition) is 2. The topological polar surface area (TPSA) is 70.9 Å². The van der Waals surface area contributed by atoms with E-state index < -0.39 is 0 Å². The smallest absolute Gasteiger partial charge is 0.245 e. The Balaban J connectivity index is 1.98. The lowest BCUT2D eigenvalue weighted by Crippen LogP contribution is -2.19. The number of hydrazone groups is 1. The fraction of sp³-hybridized carbons (Fsp3) is 0.143. The molecule has 110 valence electrons. The minimum absolute atomic E-state index is 0.127. The van der Waals surface area contributed by atoms with E-state index in [-0.39, 0.29) is 28.8 Å². The number of nitrogens with zero attached hydrogens (tertiary/aromatic N) is 1. The van der Waals surface area contributed by atoms with Gasteiger partial charge >= 0.3 is 0 Å². The van der Waals surface area contributed by atoms with E-state index in [0.29, 0.717) is 5.56 Å². The molecule has 0 saturated carbocycles. The van der Waals surface area contributed by atoms with Gasteiger partial charge in [0.1, 0.15) is 0 Å². The molecule has 2 N–H and O–H groups in total. The second-order valence-electron chi connectivity index (χ2n) is 4.10. The van der Waals surface area contributed by atoms with E-state index >= 15 is 0 Å². The van der Waals surface area contributed by atoms with Crippen LogP contribution in [-0.2, 0) is 11.2 Å². The molecule has 2 aromatic rings. The van der Waals surface area contributed by atoms with E-state index in [1.807, 2.05) is 17.5 Å². The van der Waals surface area contributed by atoms with Crippen molar-refractivity contribution in [1.29, 1.82) is 0 Å². The molecule has 0 aliphatic rings. The van der Waals surface area contributed by atoms with Gasteiger partial charge in [0.2, 0.25) is 5.91 Å².